The van der Waals surface area contributed by atoms with Gasteiger partial charge in [-0.15, -0.1) is 0 Å². The Kier molecular flexibility index (Phi) is 16.7. The van der Waals surface area contributed by atoms with Gasteiger partial charge in [0.05, 0.1) is 17.6 Å². The first-order valence-corrected chi connectivity index (χ1v) is 18.3. The summed E-state index contributed by atoms with van der Waals surface area (Å²) >= 11 is 0. The summed E-state index contributed by atoms with van der Waals surface area (Å²) in [5.41, 5.74) is 5.68. The maximum atomic E-state index is 13.9. The molecule has 17 heteroatoms. The molecule has 0 aliphatic carbocycles. The van der Waals surface area contributed by atoms with Crippen LogP contribution in [0.3, 0.4) is 0 Å². The predicted octanol–water partition coefficient (Wildman–Crippen LogP) is 0.479. The summed E-state index contributed by atoms with van der Waals surface area (Å²) in [6, 6.07) is 2.00. The molecule has 53 heavy (non-hydrogen) atoms. The lowest BCUT2D eigenvalue weighted by molar-refractivity contribution is -0.269. The maximum Gasteiger partial charge on any atom is 0.312 e. The van der Waals surface area contributed by atoms with Gasteiger partial charge in [0.15, 0.2) is 6.10 Å². The lowest BCUT2D eigenvalue weighted by Crippen LogP contribution is -2.63. The minimum absolute atomic E-state index is 0.0232. The second kappa shape index (κ2) is 20.4. The number of piperidine rings is 1. The Morgan fingerprint density at radius 2 is 1.62 bits per heavy atom. The summed E-state index contributed by atoms with van der Waals surface area (Å²) in [5, 5.41) is 43.7. The van der Waals surface area contributed by atoms with Crippen molar-refractivity contribution in [2.24, 2.45) is 17.6 Å². The second-order valence-corrected chi connectivity index (χ2v) is 14.5. The molecule has 3 rings (SSSR count). The number of aliphatic hydroxyl groups is 3. The Balaban J connectivity index is 1.93. The number of aliphatic hydroxyl groups excluding tert-OH is 3. The third-order valence-corrected chi connectivity index (χ3v) is 8.94. The number of likely N-dealkylation sites (tertiary alicyclic amines) is 1. The zero-order chi connectivity index (χ0) is 39.4. The van der Waals surface area contributed by atoms with Crippen molar-refractivity contribution in [3.8, 4) is 5.75 Å². The normalized spacial score (nSPS) is 22.9. The molecule has 2 saturated heterocycles. The van der Waals surface area contributed by atoms with Crippen molar-refractivity contribution >= 4 is 35.4 Å². The Hall–Kier alpha value is -4.03. The first-order chi connectivity index (χ1) is 25.0. The summed E-state index contributed by atoms with van der Waals surface area (Å²) in [5.74, 6) is -2.67. The van der Waals surface area contributed by atoms with Crippen molar-refractivity contribution < 1.29 is 53.5 Å². The van der Waals surface area contributed by atoms with Gasteiger partial charge in [-0.3, -0.25) is 19.2 Å². The van der Waals surface area contributed by atoms with Crippen LogP contribution in [0.2, 0.25) is 0 Å². The number of carbonyl (C=O) groups excluding carboxylic acids is 5. The van der Waals surface area contributed by atoms with Crippen LogP contribution in [0.5, 0.6) is 5.75 Å². The zero-order valence-corrected chi connectivity index (χ0v) is 31.5. The van der Waals surface area contributed by atoms with Crippen LogP contribution in [0.1, 0.15) is 79.2 Å². The summed E-state index contributed by atoms with van der Waals surface area (Å²) < 4.78 is 17.2. The van der Waals surface area contributed by atoms with Crippen LogP contribution in [0.4, 0.5) is 10.5 Å². The number of nitrogens with zero attached hydrogens (tertiary/aromatic N) is 1. The number of amides is 5. The van der Waals surface area contributed by atoms with Crippen molar-refractivity contribution in [2.75, 3.05) is 25.0 Å². The Morgan fingerprint density at radius 1 is 0.943 bits per heavy atom. The zero-order valence-electron chi connectivity index (χ0n) is 31.5. The molecule has 2 heterocycles. The number of hydrogen-bond acceptors (Lipinski definition) is 12. The van der Waals surface area contributed by atoms with E-state index in [4.69, 9.17) is 19.9 Å². The Labute approximate surface area is 310 Å². The van der Waals surface area contributed by atoms with Crippen LogP contribution >= 0.6 is 0 Å². The summed E-state index contributed by atoms with van der Waals surface area (Å²) in [6.07, 6.45) is -5.72. The fourth-order valence-corrected chi connectivity index (χ4v) is 5.95. The molecule has 0 aromatic heterocycles. The van der Waals surface area contributed by atoms with Gasteiger partial charge >= 0.3 is 12.0 Å². The number of ether oxygens (including phenoxy) is 3. The van der Waals surface area contributed by atoms with Gasteiger partial charge in [0.2, 0.25) is 18.1 Å². The Morgan fingerprint density at radius 3 is 2.23 bits per heavy atom. The van der Waals surface area contributed by atoms with Gasteiger partial charge in [0.25, 0.3) is 5.91 Å². The molecule has 0 spiro atoms. The minimum Gasteiger partial charge on any atom is -0.461 e. The Bertz CT molecular complexity index is 1400. The molecular weight excluding hydrogens is 692 g/mol. The molecule has 0 bridgehead atoms. The van der Waals surface area contributed by atoms with E-state index >= 15 is 0 Å². The monoisotopic (exact) mass is 750 g/mol. The largest absolute Gasteiger partial charge is 0.461 e. The van der Waals surface area contributed by atoms with Crippen molar-refractivity contribution in [2.45, 2.75) is 129 Å². The highest BCUT2D eigenvalue weighted by Crippen LogP contribution is 2.32. The molecule has 0 unspecified atom stereocenters. The first-order valence-electron chi connectivity index (χ1n) is 18.3. The fourth-order valence-electron chi connectivity index (χ4n) is 5.95. The quantitative estimate of drug-likeness (QED) is 0.0800. The second-order valence-electron chi connectivity index (χ2n) is 14.5. The van der Waals surface area contributed by atoms with Gasteiger partial charge in [-0.05, 0) is 55.7 Å². The SMILES string of the molecule is CC(C)N[C@H](C(=O)N[C@@H](CCCNC(N)=O)C(=O)Nc1ccc(COC(=O)C(C)C)cc1O[C@@H]1O[C@H](C(=O)N2CCCCC2)[C@@H](O)[C@H](O)[C@H]1O)C(C)C. The molecule has 2 aliphatic rings. The van der Waals surface area contributed by atoms with E-state index in [1.807, 2.05) is 27.7 Å². The average molecular weight is 751 g/mol. The molecular formula is C36H58N6O11. The highest BCUT2D eigenvalue weighted by molar-refractivity contribution is 5.99. The highest BCUT2D eigenvalue weighted by Gasteiger charge is 2.49. The molecule has 7 atom stereocenters. The van der Waals surface area contributed by atoms with Gasteiger partial charge < -0.3 is 61.4 Å². The fraction of sp³-hybridized carbons (Fsp3) is 0.694. The van der Waals surface area contributed by atoms with Gasteiger partial charge in [0, 0.05) is 25.7 Å². The number of benzene rings is 1. The van der Waals surface area contributed by atoms with Gasteiger partial charge in [-0.1, -0.05) is 47.6 Å². The molecule has 0 saturated carbocycles. The number of esters is 1. The molecule has 1 aromatic carbocycles. The molecule has 2 fully saturated rings. The lowest BCUT2D eigenvalue weighted by atomic mass is 9.97. The number of urea groups is 1. The van der Waals surface area contributed by atoms with Crippen LogP contribution in [0, 0.1) is 11.8 Å². The standard InChI is InChI=1S/C36H58N6O11/c1-19(2)26(39-21(5)6)32(47)41-24(11-10-14-38-36(37)50)31(46)40-23-13-12-22(18-51-34(49)20(3)4)17-25(23)52-35-29(45)27(43)28(44)30(53-35)33(48)42-15-8-7-9-16-42/h12-13,17,19-21,24,26-30,35,39,43-45H,7-11,14-16,18H2,1-6H3,(H,40,46)(H,41,47)(H3,37,38,50)/t24-,26-,27-,28-,29+,30-,35+/m0/s1. The molecule has 0 radical (unpaired) electrons. The number of rotatable bonds is 17. The molecule has 1 aromatic rings. The van der Waals surface area contributed by atoms with Crippen molar-refractivity contribution in [3.05, 3.63) is 23.8 Å². The summed E-state index contributed by atoms with van der Waals surface area (Å²) in [6.45, 7) is 11.8. The van der Waals surface area contributed by atoms with Crippen LogP contribution in [-0.4, -0.2) is 118 Å². The van der Waals surface area contributed by atoms with E-state index in [1.54, 1.807) is 19.9 Å². The van der Waals surface area contributed by atoms with E-state index in [0.717, 1.165) is 19.3 Å². The van der Waals surface area contributed by atoms with Crippen molar-refractivity contribution in [1.82, 2.24) is 20.9 Å². The van der Waals surface area contributed by atoms with E-state index in [0.29, 0.717) is 18.7 Å². The minimum atomic E-state index is -1.82. The number of primary amides is 1. The number of nitrogens with one attached hydrogen (secondary N) is 4. The van der Waals surface area contributed by atoms with Gasteiger partial charge in [-0.2, -0.15) is 0 Å². The van der Waals surface area contributed by atoms with E-state index in [9.17, 15) is 39.3 Å². The molecule has 298 valence electrons. The molecule has 2 aliphatic heterocycles. The highest BCUT2D eigenvalue weighted by atomic mass is 16.7. The number of hydrogen-bond donors (Lipinski definition) is 8. The number of carbonyl (C=O) groups is 5. The number of anilines is 1. The van der Waals surface area contributed by atoms with Crippen LogP contribution < -0.4 is 31.7 Å². The molecule has 5 amide bonds. The predicted molar refractivity (Wildman–Crippen MR) is 193 cm³/mol. The summed E-state index contributed by atoms with van der Waals surface area (Å²) in [4.78, 5) is 65.7. The van der Waals surface area contributed by atoms with Crippen molar-refractivity contribution in [3.63, 3.8) is 0 Å². The van der Waals surface area contributed by atoms with Gasteiger partial charge in [-0.25, -0.2) is 4.79 Å². The third kappa shape index (κ3) is 12.8. The average Bonchev–Trinajstić information content (AvgIpc) is 3.11. The maximum absolute atomic E-state index is 13.9. The third-order valence-electron chi connectivity index (χ3n) is 8.94. The van der Waals surface area contributed by atoms with Gasteiger partial charge in [0.1, 0.15) is 36.7 Å². The smallest absolute Gasteiger partial charge is 0.312 e. The first kappa shape index (κ1) is 43.4. The van der Waals surface area contributed by atoms with Crippen LogP contribution in [0.25, 0.3) is 0 Å². The van der Waals surface area contributed by atoms with Crippen LogP contribution in [-0.2, 0) is 35.3 Å². The molecule has 17 nitrogen and oxygen atoms in total. The topological polar surface area (TPSA) is 251 Å². The van der Waals surface area contributed by atoms with E-state index in [2.05, 4.69) is 21.3 Å². The molecule has 9 N–H and O–H groups in total. The number of nitrogens with two attached hydrogens (primary N) is 1. The van der Waals surface area contributed by atoms with E-state index < -0.39 is 78.4 Å². The van der Waals surface area contributed by atoms with Crippen molar-refractivity contribution in [1.29, 1.82) is 0 Å². The van der Waals surface area contributed by atoms with E-state index in [-0.39, 0.29) is 49.4 Å². The van der Waals surface area contributed by atoms with Crippen LogP contribution in [0.15, 0.2) is 18.2 Å². The van der Waals surface area contributed by atoms with E-state index in [1.165, 1.54) is 17.0 Å². The summed E-state index contributed by atoms with van der Waals surface area (Å²) in [7, 11) is 0. The lowest BCUT2D eigenvalue weighted by Gasteiger charge is -2.41.